The molecule has 0 unspecified atom stereocenters. The third-order valence-corrected chi connectivity index (χ3v) is 6.10. The first-order valence-corrected chi connectivity index (χ1v) is 9.37. The van der Waals surface area contributed by atoms with Crippen LogP contribution in [0.3, 0.4) is 0 Å². The largest absolute Gasteiger partial charge is 0.306 e. The summed E-state index contributed by atoms with van der Waals surface area (Å²) in [5.41, 5.74) is 1.85. The minimum absolute atomic E-state index is 0.0655. The highest BCUT2D eigenvalue weighted by Gasteiger charge is 2.19. The van der Waals surface area contributed by atoms with E-state index >= 15 is 0 Å². The lowest BCUT2D eigenvalue weighted by Crippen LogP contribution is -2.11. The van der Waals surface area contributed by atoms with Crippen LogP contribution in [0.5, 0.6) is 0 Å². The normalized spacial score (nSPS) is 14.4. The maximum absolute atomic E-state index is 12.5. The van der Waals surface area contributed by atoms with Crippen molar-refractivity contribution in [1.29, 1.82) is 0 Å². The molecule has 0 aliphatic heterocycles. The van der Waals surface area contributed by atoms with E-state index in [9.17, 15) is 4.79 Å². The monoisotopic (exact) mass is 376 g/mol. The molecule has 2 heterocycles. The maximum Gasteiger partial charge on any atom is 0.260 e. The van der Waals surface area contributed by atoms with Gasteiger partial charge in [0.05, 0.1) is 5.39 Å². The maximum atomic E-state index is 12.5. The van der Waals surface area contributed by atoms with Crippen molar-refractivity contribution in [3.05, 3.63) is 60.4 Å². The van der Waals surface area contributed by atoms with Gasteiger partial charge in [-0.15, -0.1) is 11.3 Å². The summed E-state index contributed by atoms with van der Waals surface area (Å²) in [4.78, 5) is 22.1. The number of fused-ring (bicyclic) bond motifs is 3. The van der Waals surface area contributed by atoms with Crippen molar-refractivity contribution in [2.45, 2.75) is 25.7 Å². The number of halogens is 2. The molecule has 24 heavy (non-hydrogen) atoms. The third-order valence-electron chi connectivity index (χ3n) is 4.25. The summed E-state index contributed by atoms with van der Waals surface area (Å²) < 4.78 is 0. The minimum Gasteiger partial charge on any atom is -0.306 e. The first-order chi connectivity index (χ1) is 11.6. The van der Waals surface area contributed by atoms with Crippen molar-refractivity contribution in [2.75, 3.05) is 0 Å². The predicted octanol–water partition coefficient (Wildman–Crippen LogP) is 5.34. The van der Waals surface area contributed by atoms with Crippen LogP contribution < -0.4 is 5.56 Å². The number of aromatic amines is 1. The van der Waals surface area contributed by atoms with Crippen molar-refractivity contribution in [1.82, 2.24) is 9.97 Å². The Hall–Kier alpha value is -1.62. The van der Waals surface area contributed by atoms with E-state index in [4.69, 9.17) is 23.2 Å². The van der Waals surface area contributed by atoms with Crippen molar-refractivity contribution >= 4 is 56.9 Å². The molecule has 1 aromatic carbocycles. The Morgan fingerprint density at radius 2 is 1.88 bits per heavy atom. The zero-order chi connectivity index (χ0) is 16.7. The van der Waals surface area contributed by atoms with Crippen molar-refractivity contribution in [2.24, 2.45) is 0 Å². The van der Waals surface area contributed by atoms with Gasteiger partial charge in [-0.05, 0) is 55.5 Å². The van der Waals surface area contributed by atoms with Crippen molar-refractivity contribution in [3.63, 3.8) is 0 Å². The first-order valence-electron chi connectivity index (χ1n) is 7.80. The van der Waals surface area contributed by atoms with E-state index in [-0.39, 0.29) is 5.56 Å². The Kier molecular flexibility index (Phi) is 4.21. The zero-order valence-electron chi connectivity index (χ0n) is 12.7. The highest BCUT2D eigenvalue weighted by Crippen LogP contribution is 2.33. The van der Waals surface area contributed by atoms with Crippen LogP contribution in [-0.2, 0) is 12.8 Å². The number of nitrogens with zero attached hydrogens (tertiary/aromatic N) is 1. The highest BCUT2D eigenvalue weighted by atomic mass is 35.5. The van der Waals surface area contributed by atoms with Crippen LogP contribution in [0.25, 0.3) is 22.4 Å². The van der Waals surface area contributed by atoms with E-state index in [1.807, 2.05) is 0 Å². The van der Waals surface area contributed by atoms with Crippen LogP contribution in [0.2, 0.25) is 10.0 Å². The summed E-state index contributed by atoms with van der Waals surface area (Å²) in [5.74, 6) is 0.516. The topological polar surface area (TPSA) is 45.8 Å². The number of hydrogen-bond donors (Lipinski definition) is 1. The molecular formula is C18H14Cl2N2OS. The fourth-order valence-corrected chi connectivity index (χ4v) is 4.88. The van der Waals surface area contributed by atoms with E-state index in [1.165, 1.54) is 16.9 Å². The van der Waals surface area contributed by atoms with Crippen LogP contribution in [0.1, 0.15) is 34.7 Å². The fourth-order valence-electron chi connectivity index (χ4n) is 3.09. The molecule has 122 valence electrons. The Balaban J connectivity index is 1.78. The number of aryl methyl sites for hydroxylation is 2. The average molecular weight is 377 g/mol. The van der Waals surface area contributed by atoms with Crippen molar-refractivity contribution < 1.29 is 0 Å². The Bertz CT molecular complexity index is 1000. The fraction of sp³-hybridized carbons (Fsp3) is 0.222. The van der Waals surface area contributed by atoms with Gasteiger partial charge in [-0.2, -0.15) is 0 Å². The molecule has 0 bridgehead atoms. The third kappa shape index (κ3) is 2.79. The van der Waals surface area contributed by atoms with Crippen LogP contribution in [0.4, 0.5) is 0 Å². The van der Waals surface area contributed by atoms with Gasteiger partial charge in [0.15, 0.2) is 0 Å². The lowest BCUT2D eigenvalue weighted by molar-refractivity contribution is 0.700. The van der Waals surface area contributed by atoms with Gasteiger partial charge in [0, 0.05) is 20.5 Å². The molecule has 2 aromatic heterocycles. The van der Waals surface area contributed by atoms with E-state index in [1.54, 1.807) is 41.7 Å². The molecule has 0 amide bonds. The van der Waals surface area contributed by atoms with Gasteiger partial charge in [0.1, 0.15) is 10.7 Å². The summed E-state index contributed by atoms with van der Waals surface area (Å²) in [5, 5.41) is 1.89. The van der Waals surface area contributed by atoms with Gasteiger partial charge in [-0.1, -0.05) is 29.3 Å². The molecule has 4 rings (SSSR count). The smallest absolute Gasteiger partial charge is 0.260 e. The molecule has 3 nitrogen and oxygen atoms in total. The number of hydrogen-bond acceptors (Lipinski definition) is 3. The van der Waals surface area contributed by atoms with Gasteiger partial charge in [0.2, 0.25) is 0 Å². The Morgan fingerprint density at radius 3 is 2.67 bits per heavy atom. The molecule has 0 radical (unpaired) electrons. The molecule has 0 spiro atoms. The predicted molar refractivity (Wildman–Crippen MR) is 102 cm³/mol. The lowest BCUT2D eigenvalue weighted by atomic mass is 9.97. The standard InChI is InChI=1S/C18H14Cl2N2OS/c19-12-5-3-6-13(20)10(12)8-9-15-21-17(23)16-11-4-1-2-7-14(11)24-18(16)22-15/h3,5-6,8-9H,1-2,4,7H2,(H,21,22,23). The number of aromatic nitrogens is 2. The molecule has 0 saturated carbocycles. The van der Waals surface area contributed by atoms with Gasteiger partial charge in [-0.3, -0.25) is 4.79 Å². The molecule has 1 N–H and O–H groups in total. The molecule has 1 aliphatic carbocycles. The number of thiophene rings is 1. The number of nitrogens with one attached hydrogen (secondary N) is 1. The SMILES string of the molecule is O=c1[nH]c(C=Cc2c(Cl)cccc2Cl)nc2sc3c(c12)CCCC3. The second kappa shape index (κ2) is 6.36. The molecule has 0 saturated heterocycles. The second-order valence-electron chi connectivity index (χ2n) is 5.81. The van der Waals surface area contributed by atoms with E-state index in [0.29, 0.717) is 21.4 Å². The number of benzene rings is 1. The summed E-state index contributed by atoms with van der Waals surface area (Å²) >= 11 is 14.0. The van der Waals surface area contributed by atoms with Crippen LogP contribution in [-0.4, -0.2) is 9.97 Å². The van der Waals surface area contributed by atoms with Crippen LogP contribution in [0, 0.1) is 0 Å². The molecular weight excluding hydrogens is 363 g/mol. The van der Waals surface area contributed by atoms with Crippen molar-refractivity contribution in [3.8, 4) is 0 Å². The first kappa shape index (κ1) is 15.9. The number of H-pyrrole nitrogens is 1. The van der Waals surface area contributed by atoms with Crippen LogP contribution in [0.15, 0.2) is 23.0 Å². The quantitative estimate of drug-likeness (QED) is 0.655. The van der Waals surface area contributed by atoms with E-state index in [0.717, 1.165) is 29.5 Å². The summed E-state index contributed by atoms with van der Waals surface area (Å²) in [6.07, 6.45) is 7.88. The molecule has 0 fully saturated rings. The molecule has 3 aromatic rings. The Morgan fingerprint density at radius 1 is 1.12 bits per heavy atom. The minimum atomic E-state index is -0.0655. The van der Waals surface area contributed by atoms with E-state index < -0.39 is 0 Å². The highest BCUT2D eigenvalue weighted by molar-refractivity contribution is 7.18. The summed E-state index contributed by atoms with van der Waals surface area (Å²) in [7, 11) is 0. The molecule has 6 heteroatoms. The lowest BCUT2D eigenvalue weighted by Gasteiger charge is -2.09. The second-order valence-corrected chi connectivity index (χ2v) is 7.71. The van der Waals surface area contributed by atoms with Gasteiger partial charge in [0.25, 0.3) is 5.56 Å². The van der Waals surface area contributed by atoms with Gasteiger partial charge in [-0.25, -0.2) is 4.98 Å². The van der Waals surface area contributed by atoms with Gasteiger partial charge >= 0.3 is 0 Å². The van der Waals surface area contributed by atoms with E-state index in [2.05, 4.69) is 9.97 Å². The molecule has 0 atom stereocenters. The molecule has 1 aliphatic rings. The zero-order valence-corrected chi connectivity index (χ0v) is 15.1. The average Bonchev–Trinajstić information content (AvgIpc) is 2.93. The Labute approximate surface area is 153 Å². The number of rotatable bonds is 2. The summed E-state index contributed by atoms with van der Waals surface area (Å²) in [6, 6.07) is 5.35. The van der Waals surface area contributed by atoms with Crippen LogP contribution >= 0.6 is 34.5 Å². The summed E-state index contributed by atoms with van der Waals surface area (Å²) in [6.45, 7) is 0. The van der Waals surface area contributed by atoms with Gasteiger partial charge < -0.3 is 4.98 Å².